The van der Waals surface area contributed by atoms with Crippen LogP contribution in [-0.4, -0.2) is 42.1 Å². The number of benzene rings is 1. The average Bonchev–Trinajstić information content (AvgIpc) is 2.56. The van der Waals surface area contributed by atoms with Gasteiger partial charge in [-0.1, -0.05) is 0 Å². The predicted molar refractivity (Wildman–Crippen MR) is 88.6 cm³/mol. The first-order valence-electron chi connectivity index (χ1n) is 6.87. The van der Waals surface area contributed by atoms with Crippen molar-refractivity contribution in [2.75, 3.05) is 25.0 Å². The number of pyridine rings is 1. The summed E-state index contributed by atoms with van der Waals surface area (Å²) >= 11 is 0. The second-order valence-corrected chi connectivity index (χ2v) is 8.15. The van der Waals surface area contributed by atoms with Gasteiger partial charge in [0.05, 0.1) is 22.1 Å². The first-order chi connectivity index (χ1) is 11.3. The molecule has 24 heavy (non-hydrogen) atoms. The van der Waals surface area contributed by atoms with E-state index in [0.717, 1.165) is 0 Å². The highest BCUT2D eigenvalue weighted by atomic mass is 32.2. The van der Waals surface area contributed by atoms with E-state index in [1.54, 1.807) is 0 Å². The van der Waals surface area contributed by atoms with E-state index in [1.807, 2.05) is 0 Å². The van der Waals surface area contributed by atoms with E-state index in [2.05, 4.69) is 14.4 Å². The fourth-order valence-corrected chi connectivity index (χ4v) is 3.87. The molecule has 1 aromatic heterocycles. The Balaban J connectivity index is 2.16. The van der Waals surface area contributed by atoms with Gasteiger partial charge < -0.3 is 4.74 Å². The Morgan fingerprint density at radius 2 is 1.46 bits per heavy atom. The number of ether oxygens (including phenoxy) is 1. The third kappa shape index (κ3) is 4.74. The molecule has 2 rings (SSSR count). The molecule has 0 amide bonds. The average molecular weight is 371 g/mol. The minimum absolute atomic E-state index is 0.0264. The zero-order chi connectivity index (χ0) is 17.6. The number of rotatable bonds is 8. The number of hydrogen-bond donors (Lipinski definition) is 2. The van der Waals surface area contributed by atoms with Crippen LogP contribution in [0.1, 0.15) is 0 Å². The lowest BCUT2D eigenvalue weighted by atomic mass is 10.4. The Hall–Kier alpha value is -2.01. The number of methoxy groups -OCH3 is 1. The molecule has 8 nitrogen and oxygen atoms in total. The smallest absolute Gasteiger partial charge is 0.261 e. The van der Waals surface area contributed by atoms with E-state index in [-0.39, 0.29) is 22.9 Å². The van der Waals surface area contributed by atoms with Gasteiger partial charge in [0, 0.05) is 26.0 Å². The molecule has 1 aromatic carbocycles. The molecular weight excluding hydrogens is 354 g/mol. The van der Waals surface area contributed by atoms with Gasteiger partial charge in [0.2, 0.25) is 10.0 Å². The highest BCUT2D eigenvalue weighted by Gasteiger charge is 2.17. The Kier molecular flexibility index (Phi) is 5.89. The van der Waals surface area contributed by atoms with E-state index >= 15 is 0 Å². The third-order valence-corrected chi connectivity index (χ3v) is 5.85. The fraction of sp³-hybridized carbons (Fsp3) is 0.214. The molecule has 0 unspecified atom stereocenters. The molecule has 2 N–H and O–H groups in total. The van der Waals surface area contributed by atoms with Crippen LogP contribution < -0.4 is 9.44 Å². The van der Waals surface area contributed by atoms with Crippen molar-refractivity contribution in [2.24, 2.45) is 0 Å². The van der Waals surface area contributed by atoms with Gasteiger partial charge in [-0.25, -0.2) is 21.6 Å². The van der Waals surface area contributed by atoms with Gasteiger partial charge in [0.1, 0.15) is 0 Å². The van der Waals surface area contributed by atoms with Crippen molar-refractivity contribution in [1.82, 2.24) is 9.71 Å². The van der Waals surface area contributed by atoms with Gasteiger partial charge in [0.25, 0.3) is 10.0 Å². The second-order valence-electron chi connectivity index (χ2n) is 4.70. The van der Waals surface area contributed by atoms with Gasteiger partial charge in [-0.15, -0.1) is 0 Å². The summed E-state index contributed by atoms with van der Waals surface area (Å²) in [7, 11) is -6.05. The van der Waals surface area contributed by atoms with Crippen molar-refractivity contribution >= 4 is 25.7 Å². The summed E-state index contributed by atoms with van der Waals surface area (Å²) in [6.45, 7) is 0.365. The lowest BCUT2D eigenvalue weighted by molar-refractivity contribution is 0.204. The molecule has 2 aromatic rings. The predicted octanol–water partition coefficient (Wildman–Crippen LogP) is 0.807. The number of anilines is 1. The first kappa shape index (κ1) is 18.3. The van der Waals surface area contributed by atoms with Crippen LogP contribution in [0.2, 0.25) is 0 Å². The molecular formula is C14H17N3O5S2. The number of hydrogen-bond acceptors (Lipinski definition) is 6. The minimum atomic E-state index is -3.81. The van der Waals surface area contributed by atoms with Crippen LogP contribution in [-0.2, 0) is 24.8 Å². The van der Waals surface area contributed by atoms with E-state index in [4.69, 9.17) is 4.74 Å². The highest BCUT2D eigenvalue weighted by molar-refractivity contribution is 7.92. The number of nitrogens with one attached hydrogen (secondary N) is 2. The van der Waals surface area contributed by atoms with Gasteiger partial charge in [0.15, 0.2) is 0 Å². The van der Waals surface area contributed by atoms with Crippen LogP contribution in [0.4, 0.5) is 5.69 Å². The molecule has 10 heteroatoms. The number of aromatic nitrogens is 1. The molecule has 1 heterocycles. The zero-order valence-electron chi connectivity index (χ0n) is 12.8. The van der Waals surface area contributed by atoms with E-state index in [1.165, 1.54) is 55.9 Å². The normalized spacial score (nSPS) is 12.0. The van der Waals surface area contributed by atoms with Gasteiger partial charge in [-0.2, -0.15) is 0 Å². The third-order valence-electron chi connectivity index (χ3n) is 2.98. The van der Waals surface area contributed by atoms with Crippen molar-refractivity contribution in [3.63, 3.8) is 0 Å². The Labute approximate surface area is 141 Å². The van der Waals surface area contributed by atoms with Crippen LogP contribution >= 0.6 is 0 Å². The fourth-order valence-electron chi connectivity index (χ4n) is 1.79. The summed E-state index contributed by atoms with van der Waals surface area (Å²) in [5, 5.41) is 0. The van der Waals surface area contributed by atoms with E-state index in [0.29, 0.717) is 5.69 Å². The molecule has 0 atom stereocenters. The minimum Gasteiger partial charge on any atom is -0.383 e. The number of nitrogens with zero attached hydrogens (tertiary/aromatic N) is 1. The zero-order valence-corrected chi connectivity index (χ0v) is 14.5. The first-order valence-corrected chi connectivity index (χ1v) is 9.83. The lowest BCUT2D eigenvalue weighted by Gasteiger charge is -2.09. The summed E-state index contributed by atoms with van der Waals surface area (Å²) in [6, 6.07) is 7.95. The van der Waals surface area contributed by atoms with E-state index in [9.17, 15) is 16.8 Å². The maximum atomic E-state index is 12.3. The Bertz CT molecular complexity index is 866. The summed E-state index contributed by atoms with van der Waals surface area (Å²) < 4.78 is 58.1. The molecule has 0 aliphatic heterocycles. The largest absolute Gasteiger partial charge is 0.383 e. The summed E-state index contributed by atoms with van der Waals surface area (Å²) in [5.74, 6) is 0. The van der Waals surface area contributed by atoms with Gasteiger partial charge >= 0.3 is 0 Å². The van der Waals surface area contributed by atoms with E-state index < -0.39 is 20.0 Å². The maximum Gasteiger partial charge on any atom is 0.261 e. The topological polar surface area (TPSA) is 114 Å². The van der Waals surface area contributed by atoms with Crippen molar-refractivity contribution in [2.45, 2.75) is 9.79 Å². The Morgan fingerprint density at radius 3 is 2.00 bits per heavy atom. The summed E-state index contributed by atoms with van der Waals surface area (Å²) in [4.78, 5) is 3.73. The molecule has 0 bridgehead atoms. The summed E-state index contributed by atoms with van der Waals surface area (Å²) in [6.07, 6.45) is 2.92. The highest BCUT2D eigenvalue weighted by Crippen LogP contribution is 2.17. The number of sulfonamides is 2. The van der Waals surface area contributed by atoms with Gasteiger partial charge in [-0.3, -0.25) is 9.71 Å². The molecule has 0 saturated heterocycles. The molecule has 0 saturated carbocycles. The second kappa shape index (κ2) is 7.71. The van der Waals surface area contributed by atoms with Crippen molar-refractivity contribution in [1.29, 1.82) is 0 Å². The molecule has 130 valence electrons. The maximum absolute atomic E-state index is 12.3. The summed E-state index contributed by atoms with van der Waals surface area (Å²) in [5.41, 5.74) is 0.364. The molecule has 0 fully saturated rings. The van der Waals surface area contributed by atoms with Gasteiger partial charge in [-0.05, 0) is 36.4 Å². The molecule has 0 spiro atoms. The molecule has 0 aliphatic carbocycles. The standard InChI is InChI=1S/C14H17N3O5S2/c1-22-11-10-16-23(18,19)13-2-4-14(5-3-13)24(20,21)17-12-6-8-15-9-7-12/h2-9,16H,10-11H2,1H3,(H,15,17). The monoisotopic (exact) mass is 371 g/mol. The van der Waals surface area contributed by atoms with Crippen LogP contribution in [0.15, 0.2) is 58.6 Å². The van der Waals surface area contributed by atoms with Crippen LogP contribution in [0, 0.1) is 0 Å². The quantitative estimate of drug-likeness (QED) is 0.664. The molecule has 0 radical (unpaired) electrons. The van der Waals surface area contributed by atoms with Crippen molar-refractivity contribution in [3.8, 4) is 0 Å². The Morgan fingerprint density at radius 1 is 0.917 bits per heavy atom. The SMILES string of the molecule is COCCNS(=O)(=O)c1ccc(S(=O)(=O)Nc2ccncc2)cc1. The van der Waals surface area contributed by atoms with Crippen LogP contribution in [0.3, 0.4) is 0 Å². The van der Waals surface area contributed by atoms with Crippen molar-refractivity contribution < 1.29 is 21.6 Å². The molecule has 0 aliphatic rings. The van der Waals surface area contributed by atoms with Crippen LogP contribution in [0.25, 0.3) is 0 Å². The lowest BCUT2D eigenvalue weighted by Crippen LogP contribution is -2.27. The van der Waals surface area contributed by atoms with Crippen molar-refractivity contribution in [3.05, 3.63) is 48.8 Å². The van der Waals surface area contributed by atoms with Crippen LogP contribution in [0.5, 0.6) is 0 Å².